The summed E-state index contributed by atoms with van der Waals surface area (Å²) in [4.78, 5) is 5.17. The number of hydrogen-bond acceptors (Lipinski definition) is 3. The molecule has 1 heterocycles. The molecule has 1 saturated carbocycles. The van der Waals surface area contributed by atoms with E-state index in [0.717, 1.165) is 0 Å². The van der Waals surface area contributed by atoms with Crippen LogP contribution in [0.25, 0.3) is 0 Å². The van der Waals surface area contributed by atoms with Crippen molar-refractivity contribution >= 4 is 0 Å². The third kappa shape index (κ3) is 3.25. The number of hydrogen-bond donors (Lipinski definition) is 1. The highest BCUT2D eigenvalue weighted by molar-refractivity contribution is 4.95. The lowest BCUT2D eigenvalue weighted by Gasteiger charge is -2.46. The molecule has 0 aromatic carbocycles. The summed E-state index contributed by atoms with van der Waals surface area (Å²) in [5, 5.41) is 0. The van der Waals surface area contributed by atoms with Crippen LogP contribution in [-0.2, 0) is 0 Å². The number of nitrogens with zero attached hydrogens (tertiary/aromatic N) is 2. The van der Waals surface area contributed by atoms with Gasteiger partial charge < -0.3 is 10.6 Å². The van der Waals surface area contributed by atoms with Gasteiger partial charge in [-0.05, 0) is 51.6 Å². The predicted octanol–water partition coefficient (Wildman–Crippen LogP) is 1.92. The average molecular weight is 253 g/mol. The Morgan fingerprint density at radius 2 is 1.94 bits per heavy atom. The number of nitrogens with two attached hydrogens (primary N) is 1. The van der Waals surface area contributed by atoms with Crippen molar-refractivity contribution in [3.05, 3.63) is 0 Å². The molecular formula is C15H31N3. The Bertz CT molecular complexity index is 277. The summed E-state index contributed by atoms with van der Waals surface area (Å²) in [5.41, 5.74) is 6.89. The number of rotatable bonds is 1. The van der Waals surface area contributed by atoms with Crippen molar-refractivity contribution in [1.29, 1.82) is 0 Å². The van der Waals surface area contributed by atoms with Gasteiger partial charge in [-0.2, -0.15) is 0 Å². The first kappa shape index (κ1) is 14.3. The lowest BCUT2D eigenvalue weighted by Crippen LogP contribution is -2.56. The van der Waals surface area contributed by atoms with E-state index < -0.39 is 0 Å². The standard InChI is InChI=1S/C15H31N3/c1-12-11-17(4)8-5-9-18(12)14-10-15(2,3)7-6-13(14)16/h12-14H,5-11,16H2,1-4H3. The van der Waals surface area contributed by atoms with Gasteiger partial charge in [0.05, 0.1) is 0 Å². The smallest absolute Gasteiger partial charge is 0.0255 e. The summed E-state index contributed by atoms with van der Waals surface area (Å²) in [6, 6.07) is 1.61. The van der Waals surface area contributed by atoms with Crippen LogP contribution in [-0.4, -0.2) is 54.6 Å². The minimum atomic E-state index is 0.379. The Morgan fingerprint density at radius 1 is 1.22 bits per heavy atom. The topological polar surface area (TPSA) is 32.5 Å². The lowest BCUT2D eigenvalue weighted by molar-refractivity contribution is 0.0531. The van der Waals surface area contributed by atoms with E-state index in [-0.39, 0.29) is 0 Å². The van der Waals surface area contributed by atoms with Gasteiger partial charge in [0.25, 0.3) is 0 Å². The highest BCUT2D eigenvalue weighted by Crippen LogP contribution is 2.37. The highest BCUT2D eigenvalue weighted by Gasteiger charge is 2.38. The van der Waals surface area contributed by atoms with Gasteiger partial charge in [-0.25, -0.2) is 0 Å². The average Bonchev–Trinajstić information content (AvgIpc) is 2.43. The third-order valence-corrected chi connectivity index (χ3v) is 4.93. The van der Waals surface area contributed by atoms with E-state index in [4.69, 9.17) is 5.73 Å². The highest BCUT2D eigenvalue weighted by atomic mass is 15.3. The first-order valence-corrected chi connectivity index (χ1v) is 7.59. The summed E-state index contributed by atoms with van der Waals surface area (Å²) in [6.45, 7) is 10.8. The molecule has 0 aromatic rings. The van der Waals surface area contributed by atoms with Crippen molar-refractivity contribution in [2.24, 2.45) is 11.1 Å². The van der Waals surface area contributed by atoms with E-state index >= 15 is 0 Å². The third-order valence-electron chi connectivity index (χ3n) is 4.93. The monoisotopic (exact) mass is 253 g/mol. The summed E-state index contributed by atoms with van der Waals surface area (Å²) < 4.78 is 0. The van der Waals surface area contributed by atoms with Crippen molar-refractivity contribution in [1.82, 2.24) is 9.80 Å². The van der Waals surface area contributed by atoms with Gasteiger partial charge in [-0.1, -0.05) is 13.8 Å². The van der Waals surface area contributed by atoms with Gasteiger partial charge in [0.15, 0.2) is 0 Å². The zero-order valence-corrected chi connectivity index (χ0v) is 12.7. The van der Waals surface area contributed by atoms with Crippen LogP contribution in [0, 0.1) is 5.41 Å². The largest absolute Gasteiger partial charge is 0.326 e. The zero-order valence-electron chi connectivity index (χ0n) is 12.7. The minimum absolute atomic E-state index is 0.379. The van der Waals surface area contributed by atoms with E-state index in [1.807, 2.05) is 0 Å². The minimum Gasteiger partial charge on any atom is -0.326 e. The van der Waals surface area contributed by atoms with Gasteiger partial charge >= 0.3 is 0 Å². The molecule has 1 aliphatic carbocycles. The van der Waals surface area contributed by atoms with E-state index in [9.17, 15) is 0 Å². The van der Waals surface area contributed by atoms with Crippen LogP contribution in [0.2, 0.25) is 0 Å². The second kappa shape index (κ2) is 5.48. The molecule has 2 aliphatic rings. The molecule has 3 unspecified atom stereocenters. The molecule has 2 rings (SSSR count). The lowest BCUT2D eigenvalue weighted by atomic mass is 9.72. The van der Waals surface area contributed by atoms with Crippen molar-refractivity contribution in [2.75, 3.05) is 26.7 Å². The van der Waals surface area contributed by atoms with Gasteiger partial charge in [-0.3, -0.25) is 4.90 Å². The Morgan fingerprint density at radius 3 is 2.67 bits per heavy atom. The Balaban J connectivity index is 2.07. The van der Waals surface area contributed by atoms with Crippen LogP contribution in [0.3, 0.4) is 0 Å². The molecule has 3 atom stereocenters. The zero-order chi connectivity index (χ0) is 13.3. The van der Waals surface area contributed by atoms with Gasteiger partial charge in [-0.15, -0.1) is 0 Å². The van der Waals surface area contributed by atoms with Crippen molar-refractivity contribution in [3.63, 3.8) is 0 Å². The second-order valence-corrected chi connectivity index (χ2v) is 7.34. The molecule has 18 heavy (non-hydrogen) atoms. The SMILES string of the molecule is CC1CN(C)CCCN1C1CC(C)(C)CCC1N. The fourth-order valence-corrected chi connectivity index (χ4v) is 3.82. The molecule has 1 aliphatic heterocycles. The summed E-state index contributed by atoms with van der Waals surface area (Å²) in [5.74, 6) is 0. The molecule has 0 bridgehead atoms. The quantitative estimate of drug-likeness (QED) is 0.775. The molecule has 0 radical (unpaired) electrons. The van der Waals surface area contributed by atoms with E-state index in [1.165, 1.54) is 45.3 Å². The van der Waals surface area contributed by atoms with E-state index in [2.05, 4.69) is 37.6 Å². The molecule has 106 valence electrons. The van der Waals surface area contributed by atoms with E-state index in [1.54, 1.807) is 0 Å². The normalized spacial score (nSPS) is 39.5. The summed E-state index contributed by atoms with van der Waals surface area (Å²) in [7, 11) is 2.24. The molecule has 3 heteroatoms. The van der Waals surface area contributed by atoms with E-state index in [0.29, 0.717) is 23.5 Å². The maximum absolute atomic E-state index is 6.42. The Kier molecular flexibility index (Phi) is 4.35. The van der Waals surface area contributed by atoms with Gasteiger partial charge in [0.2, 0.25) is 0 Å². The first-order valence-electron chi connectivity index (χ1n) is 7.59. The molecule has 1 saturated heterocycles. The molecule has 0 amide bonds. The van der Waals surface area contributed by atoms with Crippen LogP contribution < -0.4 is 5.73 Å². The van der Waals surface area contributed by atoms with Crippen molar-refractivity contribution < 1.29 is 0 Å². The van der Waals surface area contributed by atoms with Crippen LogP contribution in [0.4, 0.5) is 0 Å². The molecule has 3 nitrogen and oxygen atoms in total. The van der Waals surface area contributed by atoms with Gasteiger partial charge in [0, 0.05) is 31.2 Å². The summed E-state index contributed by atoms with van der Waals surface area (Å²) >= 11 is 0. The van der Waals surface area contributed by atoms with Crippen molar-refractivity contribution in [3.8, 4) is 0 Å². The Hall–Kier alpha value is -0.120. The number of likely N-dealkylation sites (N-methyl/N-ethyl adjacent to an activating group) is 1. The molecular weight excluding hydrogens is 222 g/mol. The predicted molar refractivity (Wildman–Crippen MR) is 77.7 cm³/mol. The van der Waals surface area contributed by atoms with Crippen LogP contribution >= 0.6 is 0 Å². The maximum atomic E-state index is 6.42. The second-order valence-electron chi connectivity index (χ2n) is 7.34. The van der Waals surface area contributed by atoms with Crippen LogP contribution in [0.15, 0.2) is 0 Å². The van der Waals surface area contributed by atoms with Gasteiger partial charge in [0.1, 0.15) is 0 Å². The molecule has 2 N–H and O–H groups in total. The van der Waals surface area contributed by atoms with Crippen LogP contribution in [0.5, 0.6) is 0 Å². The van der Waals surface area contributed by atoms with Crippen LogP contribution in [0.1, 0.15) is 46.5 Å². The molecule has 0 aromatic heterocycles. The maximum Gasteiger partial charge on any atom is 0.0255 e. The first-order chi connectivity index (χ1) is 8.39. The fourth-order valence-electron chi connectivity index (χ4n) is 3.82. The summed E-state index contributed by atoms with van der Waals surface area (Å²) in [6.07, 6.45) is 5.02. The molecule has 0 spiro atoms. The molecule has 2 fully saturated rings. The Labute approximate surface area is 113 Å². The van der Waals surface area contributed by atoms with Crippen molar-refractivity contribution in [2.45, 2.75) is 64.6 Å². The fraction of sp³-hybridized carbons (Fsp3) is 1.00.